The fraction of sp³-hybridized carbons (Fsp3) is 0.444. The Morgan fingerprint density at radius 2 is 2.04 bits per heavy atom. The molecule has 2 aliphatic rings. The van der Waals surface area contributed by atoms with Crippen molar-refractivity contribution in [2.45, 2.75) is 43.7 Å². The van der Waals surface area contributed by atoms with Crippen molar-refractivity contribution in [2.75, 3.05) is 0 Å². The van der Waals surface area contributed by atoms with E-state index in [0.29, 0.717) is 6.42 Å². The van der Waals surface area contributed by atoms with E-state index in [1.165, 1.54) is 18.2 Å². The quantitative estimate of drug-likeness (QED) is 0.898. The number of urea groups is 1. The third-order valence-electron chi connectivity index (χ3n) is 5.16. The van der Waals surface area contributed by atoms with E-state index >= 15 is 0 Å². The summed E-state index contributed by atoms with van der Waals surface area (Å²) in [6, 6.07) is 3.24. The van der Waals surface area contributed by atoms with Gasteiger partial charge in [-0.05, 0) is 37.8 Å². The van der Waals surface area contributed by atoms with Gasteiger partial charge in [0.05, 0.1) is 12.2 Å². The zero-order chi connectivity index (χ0) is 17.6. The molecule has 0 saturated heterocycles. The third kappa shape index (κ3) is 2.99. The highest BCUT2D eigenvalue weighted by molar-refractivity contribution is 5.75. The number of rotatable bonds is 3. The zero-order valence-corrected chi connectivity index (χ0v) is 13.9. The summed E-state index contributed by atoms with van der Waals surface area (Å²) in [4.78, 5) is 12.3. The molecule has 0 bridgehead atoms. The van der Waals surface area contributed by atoms with Crippen molar-refractivity contribution in [3.05, 3.63) is 52.9 Å². The molecule has 4 rings (SSSR count). The normalized spacial score (nSPS) is 24.5. The molecule has 0 radical (unpaired) electrons. The highest BCUT2D eigenvalue weighted by atomic mass is 19.1. The molecular formula is C18H20F2N4O. The van der Waals surface area contributed by atoms with Gasteiger partial charge >= 0.3 is 6.03 Å². The molecule has 2 N–H and O–H groups in total. The van der Waals surface area contributed by atoms with Crippen molar-refractivity contribution >= 4 is 6.03 Å². The van der Waals surface area contributed by atoms with Gasteiger partial charge in [0.15, 0.2) is 0 Å². The molecular weight excluding hydrogens is 326 g/mol. The predicted molar refractivity (Wildman–Crippen MR) is 88.1 cm³/mol. The number of amides is 2. The van der Waals surface area contributed by atoms with Gasteiger partial charge in [0, 0.05) is 35.8 Å². The minimum absolute atomic E-state index is 0.0695. The Bertz CT molecular complexity index is 799. The maximum Gasteiger partial charge on any atom is 0.315 e. The van der Waals surface area contributed by atoms with Crippen molar-refractivity contribution in [1.82, 2.24) is 20.4 Å². The first kappa shape index (κ1) is 16.1. The van der Waals surface area contributed by atoms with E-state index in [4.69, 9.17) is 0 Å². The first-order valence-electron chi connectivity index (χ1n) is 8.56. The molecule has 1 heterocycles. The lowest BCUT2D eigenvalue weighted by atomic mass is 9.93. The van der Waals surface area contributed by atoms with E-state index in [9.17, 15) is 13.6 Å². The van der Waals surface area contributed by atoms with Crippen LogP contribution in [0.4, 0.5) is 13.6 Å². The second-order valence-corrected chi connectivity index (χ2v) is 6.82. The van der Waals surface area contributed by atoms with Gasteiger partial charge in [-0.25, -0.2) is 13.6 Å². The molecule has 0 aliphatic heterocycles. The summed E-state index contributed by atoms with van der Waals surface area (Å²) in [7, 11) is 1.90. The average molecular weight is 346 g/mol. The van der Waals surface area contributed by atoms with Crippen LogP contribution in [0.15, 0.2) is 24.4 Å². The molecule has 1 aromatic heterocycles. The lowest BCUT2D eigenvalue weighted by molar-refractivity contribution is 0.235. The summed E-state index contributed by atoms with van der Waals surface area (Å²) >= 11 is 0. The van der Waals surface area contributed by atoms with Crippen LogP contribution in [0.1, 0.15) is 48.0 Å². The first-order valence-corrected chi connectivity index (χ1v) is 8.56. The summed E-state index contributed by atoms with van der Waals surface area (Å²) in [5.74, 6) is -1.41. The SMILES string of the molecule is Cn1ncc2c1CCC[C@@H]2NC(=O)N[C@H]1C[C@H]1c1c(F)cccc1F. The van der Waals surface area contributed by atoms with Crippen LogP contribution in [-0.4, -0.2) is 21.9 Å². The fourth-order valence-corrected chi connectivity index (χ4v) is 3.76. The summed E-state index contributed by atoms with van der Waals surface area (Å²) in [5, 5.41) is 10.1. The summed E-state index contributed by atoms with van der Waals surface area (Å²) in [5.41, 5.74) is 2.27. The molecule has 132 valence electrons. The largest absolute Gasteiger partial charge is 0.335 e. The molecule has 5 nitrogen and oxygen atoms in total. The van der Waals surface area contributed by atoms with Gasteiger partial charge in [0.25, 0.3) is 0 Å². The molecule has 0 unspecified atom stereocenters. The third-order valence-corrected chi connectivity index (χ3v) is 5.16. The number of nitrogens with zero attached hydrogens (tertiary/aromatic N) is 2. The smallest absolute Gasteiger partial charge is 0.315 e. The zero-order valence-electron chi connectivity index (χ0n) is 13.9. The van der Waals surface area contributed by atoms with Gasteiger partial charge in [-0.3, -0.25) is 4.68 Å². The van der Waals surface area contributed by atoms with E-state index in [2.05, 4.69) is 15.7 Å². The lowest BCUT2D eigenvalue weighted by Crippen LogP contribution is -2.40. The highest BCUT2D eigenvalue weighted by Crippen LogP contribution is 2.43. The number of benzene rings is 1. The van der Waals surface area contributed by atoms with Crippen molar-refractivity contribution in [1.29, 1.82) is 0 Å². The first-order chi connectivity index (χ1) is 12.0. The standard InChI is InChI=1S/C18H20F2N4O/c1-24-16-7-3-6-14(11(16)9-21-24)22-18(25)23-15-8-10(15)17-12(19)4-2-5-13(17)20/h2,4-5,9-10,14-15H,3,6-8H2,1H3,(H2,22,23,25)/t10-,14+,15+/m1/s1. The molecule has 3 atom stereocenters. The Hall–Kier alpha value is -2.44. The van der Waals surface area contributed by atoms with E-state index in [-0.39, 0.29) is 29.6 Å². The van der Waals surface area contributed by atoms with Crippen LogP contribution in [0.25, 0.3) is 0 Å². The Morgan fingerprint density at radius 1 is 1.28 bits per heavy atom. The van der Waals surface area contributed by atoms with Crippen LogP contribution >= 0.6 is 0 Å². The summed E-state index contributed by atoms with van der Waals surface area (Å²) in [6.07, 6.45) is 5.16. The van der Waals surface area contributed by atoms with Crippen LogP contribution in [0.3, 0.4) is 0 Å². The molecule has 1 aromatic carbocycles. The summed E-state index contributed by atoms with van der Waals surface area (Å²) < 4.78 is 29.5. The number of hydrogen-bond donors (Lipinski definition) is 2. The minimum Gasteiger partial charge on any atom is -0.335 e. The van der Waals surface area contributed by atoms with Crippen molar-refractivity contribution in [2.24, 2.45) is 7.05 Å². The molecule has 0 spiro atoms. The average Bonchev–Trinajstić information content (AvgIpc) is 3.19. The molecule has 25 heavy (non-hydrogen) atoms. The van der Waals surface area contributed by atoms with Crippen LogP contribution in [-0.2, 0) is 13.5 Å². The van der Waals surface area contributed by atoms with E-state index in [0.717, 1.165) is 30.5 Å². The van der Waals surface area contributed by atoms with Gasteiger partial charge < -0.3 is 10.6 Å². The van der Waals surface area contributed by atoms with Crippen LogP contribution < -0.4 is 10.6 Å². The predicted octanol–water partition coefficient (Wildman–Crippen LogP) is 2.93. The molecule has 2 amide bonds. The van der Waals surface area contributed by atoms with Crippen molar-refractivity contribution in [3.8, 4) is 0 Å². The number of carbonyl (C=O) groups excluding carboxylic acids is 1. The van der Waals surface area contributed by atoms with Gasteiger partial charge in [0.1, 0.15) is 11.6 Å². The second-order valence-electron chi connectivity index (χ2n) is 6.82. The van der Waals surface area contributed by atoms with Crippen LogP contribution in [0.5, 0.6) is 0 Å². The maximum atomic E-state index is 13.8. The fourth-order valence-electron chi connectivity index (χ4n) is 3.76. The second kappa shape index (κ2) is 6.13. The number of halogens is 2. The van der Waals surface area contributed by atoms with Crippen LogP contribution in [0.2, 0.25) is 0 Å². The Labute approximate surface area is 144 Å². The summed E-state index contributed by atoms with van der Waals surface area (Å²) in [6.45, 7) is 0. The minimum atomic E-state index is -0.554. The van der Waals surface area contributed by atoms with Gasteiger partial charge in [-0.2, -0.15) is 5.10 Å². The molecule has 1 fully saturated rings. The monoisotopic (exact) mass is 346 g/mol. The highest BCUT2D eigenvalue weighted by Gasteiger charge is 2.43. The molecule has 2 aromatic rings. The van der Waals surface area contributed by atoms with Gasteiger partial charge in [-0.1, -0.05) is 6.07 Å². The van der Waals surface area contributed by atoms with Crippen molar-refractivity contribution < 1.29 is 13.6 Å². The number of aryl methyl sites for hydroxylation is 1. The van der Waals surface area contributed by atoms with Gasteiger partial charge in [0.2, 0.25) is 0 Å². The van der Waals surface area contributed by atoms with Crippen LogP contribution in [0, 0.1) is 11.6 Å². The van der Waals surface area contributed by atoms with E-state index < -0.39 is 11.6 Å². The van der Waals surface area contributed by atoms with Crippen molar-refractivity contribution in [3.63, 3.8) is 0 Å². The molecule has 1 saturated carbocycles. The Kier molecular flexibility index (Phi) is 3.94. The van der Waals surface area contributed by atoms with E-state index in [1.807, 2.05) is 11.7 Å². The maximum absolute atomic E-state index is 13.8. The number of aromatic nitrogens is 2. The Balaban J connectivity index is 1.38. The lowest BCUT2D eigenvalue weighted by Gasteiger charge is -2.24. The number of carbonyl (C=O) groups is 1. The number of fused-ring (bicyclic) bond motifs is 1. The van der Waals surface area contributed by atoms with E-state index in [1.54, 1.807) is 6.20 Å². The number of hydrogen-bond acceptors (Lipinski definition) is 2. The number of nitrogens with one attached hydrogen (secondary N) is 2. The topological polar surface area (TPSA) is 59.0 Å². The van der Waals surface area contributed by atoms with Gasteiger partial charge in [-0.15, -0.1) is 0 Å². The molecule has 7 heteroatoms. The molecule has 2 aliphatic carbocycles. The Morgan fingerprint density at radius 3 is 2.80 bits per heavy atom.